The van der Waals surface area contributed by atoms with E-state index in [0.29, 0.717) is 0 Å². The van der Waals surface area contributed by atoms with E-state index in [4.69, 9.17) is 14.2 Å². The largest absolute Gasteiger partial charge is 0.383 e. The third-order valence-electron chi connectivity index (χ3n) is 4.66. The van der Waals surface area contributed by atoms with Crippen LogP contribution in [-0.4, -0.2) is 102 Å². The van der Waals surface area contributed by atoms with Gasteiger partial charge in [0.1, 0.15) is 6.10 Å². The SMILES string of the molecule is CN=C(NCCCN(C)CCOC)N1CCOC(C2CCCO2)C1. The van der Waals surface area contributed by atoms with Crippen LogP contribution in [0, 0.1) is 0 Å². The highest BCUT2D eigenvalue weighted by atomic mass is 16.5. The molecule has 0 aromatic rings. The first-order valence-corrected chi connectivity index (χ1v) is 9.11. The summed E-state index contributed by atoms with van der Waals surface area (Å²) in [5, 5.41) is 3.48. The molecule has 0 bridgehead atoms. The summed E-state index contributed by atoms with van der Waals surface area (Å²) in [6, 6.07) is 0. The van der Waals surface area contributed by atoms with Crippen LogP contribution in [0.1, 0.15) is 19.3 Å². The van der Waals surface area contributed by atoms with Crippen LogP contribution in [-0.2, 0) is 14.2 Å². The van der Waals surface area contributed by atoms with Crippen molar-refractivity contribution < 1.29 is 14.2 Å². The number of rotatable bonds is 8. The minimum Gasteiger partial charge on any atom is -0.383 e. The fraction of sp³-hybridized carbons (Fsp3) is 0.941. The number of morpholine rings is 1. The van der Waals surface area contributed by atoms with Gasteiger partial charge in [0.2, 0.25) is 0 Å². The second kappa shape index (κ2) is 10.9. The summed E-state index contributed by atoms with van der Waals surface area (Å²) in [6.45, 7) is 7.08. The lowest BCUT2D eigenvalue weighted by molar-refractivity contribution is -0.0816. The first kappa shape index (κ1) is 19.4. The van der Waals surface area contributed by atoms with Crippen molar-refractivity contribution in [3.8, 4) is 0 Å². The fourth-order valence-corrected chi connectivity index (χ4v) is 3.23. The van der Waals surface area contributed by atoms with Gasteiger partial charge in [-0.2, -0.15) is 0 Å². The van der Waals surface area contributed by atoms with E-state index in [-0.39, 0.29) is 12.2 Å². The van der Waals surface area contributed by atoms with Crippen LogP contribution in [0.25, 0.3) is 0 Å². The third-order valence-corrected chi connectivity index (χ3v) is 4.66. The Morgan fingerprint density at radius 2 is 2.12 bits per heavy atom. The molecule has 0 radical (unpaired) electrons. The number of guanidine groups is 1. The Labute approximate surface area is 146 Å². The van der Waals surface area contributed by atoms with Crippen molar-refractivity contribution in [3.05, 3.63) is 0 Å². The van der Waals surface area contributed by atoms with Crippen molar-refractivity contribution >= 4 is 5.96 Å². The molecular weight excluding hydrogens is 308 g/mol. The number of methoxy groups -OCH3 is 1. The lowest BCUT2D eigenvalue weighted by Crippen LogP contribution is -2.53. The monoisotopic (exact) mass is 342 g/mol. The fourth-order valence-electron chi connectivity index (χ4n) is 3.23. The van der Waals surface area contributed by atoms with Crippen LogP contribution >= 0.6 is 0 Å². The van der Waals surface area contributed by atoms with E-state index in [1.807, 2.05) is 7.05 Å². The molecule has 0 aromatic heterocycles. The Bertz CT molecular complexity index is 375. The topological polar surface area (TPSA) is 58.6 Å². The van der Waals surface area contributed by atoms with Crippen LogP contribution in [0.2, 0.25) is 0 Å². The molecule has 7 heteroatoms. The Morgan fingerprint density at radius 1 is 1.29 bits per heavy atom. The van der Waals surface area contributed by atoms with Crippen molar-refractivity contribution in [2.45, 2.75) is 31.5 Å². The molecule has 2 aliphatic rings. The van der Waals surface area contributed by atoms with Crippen molar-refractivity contribution in [1.29, 1.82) is 0 Å². The Morgan fingerprint density at radius 3 is 2.83 bits per heavy atom. The van der Waals surface area contributed by atoms with Crippen LogP contribution in [0.5, 0.6) is 0 Å². The molecule has 0 aromatic carbocycles. The van der Waals surface area contributed by atoms with Crippen LogP contribution < -0.4 is 5.32 Å². The number of likely N-dealkylation sites (N-methyl/N-ethyl adjacent to an activating group) is 1. The number of hydrogen-bond acceptors (Lipinski definition) is 5. The number of ether oxygens (including phenoxy) is 3. The first-order chi connectivity index (χ1) is 11.7. The van der Waals surface area contributed by atoms with Gasteiger partial charge in [0, 0.05) is 46.9 Å². The average molecular weight is 342 g/mol. The van der Waals surface area contributed by atoms with Gasteiger partial charge in [-0.15, -0.1) is 0 Å². The van der Waals surface area contributed by atoms with E-state index in [1.165, 1.54) is 0 Å². The molecule has 2 rings (SSSR count). The van der Waals surface area contributed by atoms with Crippen molar-refractivity contribution in [3.63, 3.8) is 0 Å². The van der Waals surface area contributed by atoms with Crippen molar-refractivity contribution in [2.75, 3.05) is 73.7 Å². The van der Waals surface area contributed by atoms with Crippen LogP contribution in [0.4, 0.5) is 0 Å². The lowest BCUT2D eigenvalue weighted by atomic mass is 10.1. The summed E-state index contributed by atoms with van der Waals surface area (Å²) < 4.78 is 16.8. The van der Waals surface area contributed by atoms with E-state index in [0.717, 1.165) is 77.8 Å². The normalized spacial score (nSPS) is 25.5. The molecule has 2 atom stereocenters. The molecule has 1 N–H and O–H groups in total. The van der Waals surface area contributed by atoms with Gasteiger partial charge in [-0.3, -0.25) is 4.99 Å². The molecule has 2 aliphatic heterocycles. The highest BCUT2D eigenvalue weighted by Gasteiger charge is 2.32. The van der Waals surface area contributed by atoms with E-state index < -0.39 is 0 Å². The van der Waals surface area contributed by atoms with Gasteiger partial charge in [-0.05, 0) is 32.9 Å². The Balaban J connectivity index is 1.68. The maximum absolute atomic E-state index is 5.91. The highest BCUT2D eigenvalue weighted by Crippen LogP contribution is 2.20. The van der Waals surface area contributed by atoms with E-state index >= 15 is 0 Å². The predicted molar refractivity (Wildman–Crippen MR) is 95.6 cm³/mol. The lowest BCUT2D eigenvalue weighted by Gasteiger charge is -2.37. The molecule has 2 heterocycles. The summed E-state index contributed by atoms with van der Waals surface area (Å²) in [7, 11) is 5.72. The molecule has 2 unspecified atom stereocenters. The van der Waals surface area contributed by atoms with Crippen molar-refractivity contribution in [2.24, 2.45) is 4.99 Å². The van der Waals surface area contributed by atoms with Gasteiger partial charge in [-0.1, -0.05) is 0 Å². The summed E-state index contributed by atoms with van der Waals surface area (Å²) in [6.07, 6.45) is 3.76. The molecule has 2 saturated heterocycles. The second-order valence-corrected chi connectivity index (χ2v) is 6.53. The maximum atomic E-state index is 5.91. The Hall–Kier alpha value is -0.890. The molecule has 0 amide bonds. The minimum absolute atomic E-state index is 0.167. The third kappa shape index (κ3) is 6.20. The van der Waals surface area contributed by atoms with Crippen LogP contribution in [0.3, 0.4) is 0 Å². The number of aliphatic imine (C=N–C) groups is 1. The summed E-state index contributed by atoms with van der Waals surface area (Å²) in [5.41, 5.74) is 0. The smallest absolute Gasteiger partial charge is 0.193 e. The van der Waals surface area contributed by atoms with Gasteiger partial charge in [-0.25, -0.2) is 0 Å². The van der Waals surface area contributed by atoms with Gasteiger partial charge < -0.3 is 29.3 Å². The number of hydrogen-bond donors (Lipinski definition) is 1. The van der Waals surface area contributed by atoms with Gasteiger partial charge >= 0.3 is 0 Å². The highest BCUT2D eigenvalue weighted by molar-refractivity contribution is 5.80. The molecule has 2 fully saturated rings. The van der Waals surface area contributed by atoms with Crippen LogP contribution in [0.15, 0.2) is 4.99 Å². The summed E-state index contributed by atoms with van der Waals surface area (Å²) >= 11 is 0. The minimum atomic E-state index is 0.167. The standard InChI is InChI=1S/C17H34N4O3/c1-18-17(19-7-5-8-20(2)9-12-22-3)21-10-13-24-16(14-21)15-6-4-11-23-15/h15-16H,4-14H2,1-3H3,(H,18,19). The molecular formula is C17H34N4O3. The molecule has 0 aliphatic carbocycles. The predicted octanol–water partition coefficient (Wildman–Crippen LogP) is 0.410. The number of nitrogens with one attached hydrogen (secondary N) is 1. The van der Waals surface area contributed by atoms with E-state index in [2.05, 4.69) is 27.2 Å². The molecule has 7 nitrogen and oxygen atoms in total. The van der Waals surface area contributed by atoms with Crippen molar-refractivity contribution in [1.82, 2.24) is 15.1 Å². The van der Waals surface area contributed by atoms with Gasteiger partial charge in [0.25, 0.3) is 0 Å². The Kier molecular flexibility index (Phi) is 8.80. The van der Waals surface area contributed by atoms with E-state index in [9.17, 15) is 0 Å². The number of nitrogens with zero attached hydrogens (tertiary/aromatic N) is 3. The van der Waals surface area contributed by atoms with E-state index in [1.54, 1.807) is 7.11 Å². The van der Waals surface area contributed by atoms with Gasteiger partial charge in [0.15, 0.2) is 5.96 Å². The maximum Gasteiger partial charge on any atom is 0.193 e. The summed E-state index contributed by atoms with van der Waals surface area (Å²) in [5.74, 6) is 0.973. The second-order valence-electron chi connectivity index (χ2n) is 6.53. The quantitative estimate of drug-likeness (QED) is 0.392. The molecule has 24 heavy (non-hydrogen) atoms. The molecule has 140 valence electrons. The molecule has 0 saturated carbocycles. The zero-order chi connectivity index (χ0) is 17.2. The molecule has 0 spiro atoms. The van der Waals surface area contributed by atoms with Gasteiger partial charge in [0.05, 0.1) is 19.3 Å². The zero-order valence-corrected chi connectivity index (χ0v) is 15.5. The average Bonchev–Trinajstić information content (AvgIpc) is 3.15. The summed E-state index contributed by atoms with van der Waals surface area (Å²) in [4.78, 5) is 9.02. The first-order valence-electron chi connectivity index (χ1n) is 9.11. The zero-order valence-electron chi connectivity index (χ0n) is 15.5.